The van der Waals surface area contributed by atoms with Gasteiger partial charge in [0.05, 0.1) is 18.1 Å². The van der Waals surface area contributed by atoms with Crippen LogP contribution in [0.2, 0.25) is 5.02 Å². The molecule has 0 aliphatic carbocycles. The number of thioether (sulfide) groups is 1. The third-order valence-corrected chi connectivity index (χ3v) is 5.16. The van der Waals surface area contributed by atoms with Crippen molar-refractivity contribution in [2.24, 2.45) is 0 Å². The molecule has 6 nitrogen and oxygen atoms in total. The number of carbonyl (C=O) groups excluding carboxylic acids is 1. The fourth-order valence-corrected chi connectivity index (χ4v) is 3.53. The van der Waals surface area contributed by atoms with Gasteiger partial charge in [0, 0.05) is 23.5 Å². The molecule has 1 amide bonds. The zero-order valence-corrected chi connectivity index (χ0v) is 17.5. The Morgan fingerprint density at radius 2 is 1.84 bits per heavy atom. The Kier molecular flexibility index (Phi) is 7.47. The van der Waals surface area contributed by atoms with Crippen LogP contribution in [0.3, 0.4) is 0 Å². The number of alkyl halides is 3. The number of rotatable bonds is 8. The number of aliphatic hydroxyl groups is 1. The first-order chi connectivity index (χ1) is 14.7. The average molecular weight is 472 g/mol. The number of aromatic nitrogens is 2. The van der Waals surface area contributed by atoms with Crippen molar-refractivity contribution in [3.05, 3.63) is 71.0 Å². The van der Waals surface area contributed by atoms with Crippen LogP contribution in [0.5, 0.6) is 5.75 Å². The molecule has 1 heterocycles. The molecule has 0 atom stereocenters. The van der Waals surface area contributed by atoms with E-state index in [1.165, 1.54) is 23.9 Å². The van der Waals surface area contributed by atoms with Crippen molar-refractivity contribution < 1.29 is 27.8 Å². The summed E-state index contributed by atoms with van der Waals surface area (Å²) in [6.45, 7) is 0.245. The number of anilines is 1. The third-order valence-electron chi connectivity index (χ3n) is 3.92. The predicted molar refractivity (Wildman–Crippen MR) is 111 cm³/mol. The van der Waals surface area contributed by atoms with Crippen LogP contribution in [0.1, 0.15) is 11.3 Å². The maximum atomic E-state index is 12.2. The molecule has 0 fully saturated rings. The van der Waals surface area contributed by atoms with Gasteiger partial charge in [0.25, 0.3) is 0 Å². The van der Waals surface area contributed by atoms with Crippen LogP contribution >= 0.6 is 23.4 Å². The van der Waals surface area contributed by atoms with E-state index in [4.69, 9.17) is 11.6 Å². The van der Waals surface area contributed by atoms with Gasteiger partial charge in [-0.1, -0.05) is 35.5 Å². The van der Waals surface area contributed by atoms with Gasteiger partial charge >= 0.3 is 6.36 Å². The van der Waals surface area contributed by atoms with Crippen LogP contribution < -0.4 is 10.1 Å². The molecule has 164 valence electrons. The SMILES string of the molecule is O=C(CSc1nc(CO)cn1Cc1ccc(Cl)cc1)Nc1ccc(OC(F)(F)F)cc1. The first kappa shape index (κ1) is 23.0. The van der Waals surface area contributed by atoms with Crippen molar-refractivity contribution in [2.75, 3.05) is 11.1 Å². The number of carbonyl (C=O) groups is 1. The van der Waals surface area contributed by atoms with E-state index in [1.807, 2.05) is 16.7 Å². The van der Waals surface area contributed by atoms with E-state index in [2.05, 4.69) is 15.0 Å². The molecular formula is C20H17ClF3N3O3S. The maximum absolute atomic E-state index is 12.2. The summed E-state index contributed by atoms with van der Waals surface area (Å²) in [5.74, 6) is -0.717. The summed E-state index contributed by atoms with van der Waals surface area (Å²) in [6, 6.07) is 12.1. The van der Waals surface area contributed by atoms with Crippen molar-refractivity contribution in [3.63, 3.8) is 0 Å². The van der Waals surface area contributed by atoms with Crippen molar-refractivity contribution in [3.8, 4) is 5.75 Å². The number of hydrogen-bond acceptors (Lipinski definition) is 5. The van der Waals surface area contributed by atoms with Gasteiger partial charge in [-0.15, -0.1) is 13.2 Å². The molecule has 3 aromatic rings. The van der Waals surface area contributed by atoms with E-state index in [9.17, 15) is 23.1 Å². The zero-order chi connectivity index (χ0) is 22.4. The summed E-state index contributed by atoms with van der Waals surface area (Å²) >= 11 is 7.08. The Labute approximate surface area is 185 Å². The minimum Gasteiger partial charge on any atom is -0.406 e. The van der Waals surface area contributed by atoms with E-state index in [-0.39, 0.29) is 24.0 Å². The molecule has 0 unspecified atom stereocenters. The molecule has 0 radical (unpaired) electrons. The normalized spacial score (nSPS) is 11.4. The fraction of sp³-hybridized carbons (Fsp3) is 0.200. The molecule has 31 heavy (non-hydrogen) atoms. The Hall–Kier alpha value is -2.69. The number of nitrogens with one attached hydrogen (secondary N) is 1. The molecule has 0 saturated carbocycles. The highest BCUT2D eigenvalue weighted by Gasteiger charge is 2.30. The number of amides is 1. The van der Waals surface area contributed by atoms with Gasteiger partial charge in [0.1, 0.15) is 5.75 Å². The van der Waals surface area contributed by atoms with Crippen LogP contribution in [0.25, 0.3) is 0 Å². The van der Waals surface area contributed by atoms with Crippen molar-refractivity contribution in [1.82, 2.24) is 9.55 Å². The molecule has 0 aliphatic heterocycles. The van der Waals surface area contributed by atoms with Gasteiger partial charge in [-0.3, -0.25) is 4.79 Å². The summed E-state index contributed by atoms with van der Waals surface area (Å²) in [7, 11) is 0. The molecule has 0 spiro atoms. The molecule has 2 aromatic carbocycles. The average Bonchev–Trinajstić information content (AvgIpc) is 3.10. The Balaban J connectivity index is 1.59. The lowest BCUT2D eigenvalue weighted by Gasteiger charge is -2.10. The van der Waals surface area contributed by atoms with Crippen molar-refractivity contribution >= 4 is 35.0 Å². The highest BCUT2D eigenvalue weighted by atomic mass is 35.5. The largest absolute Gasteiger partial charge is 0.573 e. The third kappa shape index (κ3) is 7.20. The van der Waals surface area contributed by atoms with Gasteiger partial charge in [0.15, 0.2) is 5.16 Å². The molecule has 0 bridgehead atoms. The fourth-order valence-electron chi connectivity index (χ4n) is 2.61. The highest BCUT2D eigenvalue weighted by Crippen LogP contribution is 2.25. The van der Waals surface area contributed by atoms with Crippen LogP contribution in [0.4, 0.5) is 18.9 Å². The number of imidazole rings is 1. The smallest absolute Gasteiger partial charge is 0.406 e. The van der Waals surface area contributed by atoms with Crippen LogP contribution in [0.15, 0.2) is 59.9 Å². The van der Waals surface area contributed by atoms with E-state index >= 15 is 0 Å². The Morgan fingerprint density at radius 1 is 1.16 bits per heavy atom. The maximum Gasteiger partial charge on any atom is 0.573 e. The lowest BCUT2D eigenvalue weighted by atomic mass is 10.2. The second-order valence-electron chi connectivity index (χ2n) is 6.34. The Bertz CT molecular complexity index is 1020. The topological polar surface area (TPSA) is 76.4 Å². The summed E-state index contributed by atoms with van der Waals surface area (Å²) < 4.78 is 42.2. The second-order valence-corrected chi connectivity index (χ2v) is 7.72. The zero-order valence-electron chi connectivity index (χ0n) is 15.9. The van der Waals surface area contributed by atoms with E-state index in [1.54, 1.807) is 18.3 Å². The monoisotopic (exact) mass is 471 g/mol. The number of hydrogen-bond donors (Lipinski definition) is 2. The van der Waals surface area contributed by atoms with Gasteiger partial charge in [-0.05, 0) is 42.0 Å². The number of aliphatic hydroxyl groups excluding tert-OH is 1. The van der Waals surface area contributed by atoms with Crippen molar-refractivity contribution in [2.45, 2.75) is 24.7 Å². The molecule has 3 rings (SSSR count). The summed E-state index contributed by atoms with van der Waals surface area (Å²) in [4.78, 5) is 16.6. The number of ether oxygens (including phenoxy) is 1. The van der Waals surface area contributed by atoms with E-state index in [0.717, 1.165) is 17.7 Å². The molecule has 2 N–H and O–H groups in total. The van der Waals surface area contributed by atoms with E-state index in [0.29, 0.717) is 28.1 Å². The molecule has 0 saturated heterocycles. The minimum atomic E-state index is -4.78. The molecule has 11 heteroatoms. The van der Waals surface area contributed by atoms with Gasteiger partial charge in [0.2, 0.25) is 5.91 Å². The van der Waals surface area contributed by atoms with Gasteiger partial charge in [-0.25, -0.2) is 4.98 Å². The first-order valence-electron chi connectivity index (χ1n) is 8.91. The van der Waals surface area contributed by atoms with Crippen LogP contribution in [0, 0.1) is 0 Å². The van der Waals surface area contributed by atoms with Gasteiger partial charge < -0.3 is 19.7 Å². The van der Waals surface area contributed by atoms with Crippen molar-refractivity contribution in [1.29, 1.82) is 0 Å². The molecule has 1 aromatic heterocycles. The summed E-state index contributed by atoms with van der Waals surface area (Å²) in [5.41, 5.74) is 1.77. The van der Waals surface area contributed by atoms with E-state index < -0.39 is 6.36 Å². The second kappa shape index (κ2) is 10.1. The first-order valence-corrected chi connectivity index (χ1v) is 10.3. The lowest BCUT2D eigenvalue weighted by molar-refractivity contribution is -0.274. The van der Waals surface area contributed by atoms with Gasteiger partial charge in [-0.2, -0.15) is 0 Å². The molecule has 0 aliphatic rings. The number of nitrogens with zero attached hydrogens (tertiary/aromatic N) is 2. The minimum absolute atomic E-state index is 0.0172. The number of benzene rings is 2. The quantitative estimate of drug-likeness (QED) is 0.465. The standard InChI is InChI=1S/C20H17ClF3N3O3S/c21-14-3-1-13(2-4-14)9-27-10-16(11-28)26-19(27)31-12-18(29)25-15-5-7-17(8-6-15)30-20(22,23)24/h1-8,10,28H,9,11-12H2,(H,25,29). The highest BCUT2D eigenvalue weighted by molar-refractivity contribution is 7.99. The lowest BCUT2D eigenvalue weighted by Crippen LogP contribution is -2.17. The Morgan fingerprint density at radius 3 is 2.45 bits per heavy atom. The van der Waals surface area contributed by atoms with Crippen LogP contribution in [-0.2, 0) is 17.9 Å². The predicted octanol–water partition coefficient (Wildman–Crippen LogP) is 4.71. The van der Waals surface area contributed by atoms with Crippen LogP contribution in [-0.4, -0.2) is 32.7 Å². The molecular weight excluding hydrogens is 455 g/mol. The summed E-state index contributed by atoms with van der Waals surface area (Å²) in [6.07, 6.45) is -3.07. The summed E-state index contributed by atoms with van der Waals surface area (Å²) in [5, 5.41) is 13.1. The number of halogens is 4.